The van der Waals surface area contributed by atoms with Gasteiger partial charge in [0.25, 0.3) is 0 Å². The van der Waals surface area contributed by atoms with Crippen molar-refractivity contribution in [2.75, 3.05) is 0 Å². The van der Waals surface area contributed by atoms with E-state index < -0.39 is 41.6 Å². The van der Waals surface area contributed by atoms with Gasteiger partial charge < -0.3 is 5.11 Å². The van der Waals surface area contributed by atoms with E-state index >= 15 is 0 Å². The minimum atomic E-state index is -7.11. The Hall–Kier alpha value is -1.42. The molecule has 0 radical (unpaired) electrons. The molecule has 0 aromatic heterocycles. The topological polar surface area (TPSA) is 37.3 Å². The summed E-state index contributed by atoms with van der Waals surface area (Å²) >= 11 is 0. The second kappa shape index (κ2) is 4.60. The monoisotopic (exact) mass is 304 g/mol. The second-order valence-corrected chi connectivity index (χ2v) is 3.36. The smallest absolute Gasteiger partial charge is 0.460 e. The number of ketones is 1. The van der Waals surface area contributed by atoms with E-state index in [9.17, 15) is 44.3 Å². The average molecular weight is 304 g/mol. The molecule has 0 aromatic carbocycles. The molecule has 0 saturated heterocycles. The highest BCUT2D eigenvalue weighted by atomic mass is 19.4. The third-order valence-corrected chi connectivity index (χ3v) is 1.81. The van der Waals surface area contributed by atoms with Crippen molar-refractivity contribution in [3.05, 3.63) is 11.8 Å². The van der Waals surface area contributed by atoms with Crippen LogP contribution in [0.5, 0.6) is 0 Å². The molecular formula is C8H5F9O2. The number of carbonyl (C=O) groups is 1. The minimum Gasteiger partial charge on any atom is -0.506 e. The highest BCUT2D eigenvalue weighted by Crippen LogP contribution is 2.54. The standard InChI is InChI=1S/C8H5F9O2/c1-3(18)2-4(19)5(9,10)6(11,12)7(13,14)8(15,16)17/h2,19H,1H3. The molecule has 0 aromatic rings. The van der Waals surface area contributed by atoms with E-state index in [2.05, 4.69) is 0 Å². The summed E-state index contributed by atoms with van der Waals surface area (Å²) in [6.45, 7) is 0.479. The Balaban J connectivity index is 5.84. The van der Waals surface area contributed by atoms with Gasteiger partial charge in [0, 0.05) is 6.08 Å². The molecule has 0 aliphatic carbocycles. The molecule has 0 heterocycles. The number of aliphatic hydroxyl groups excluding tert-OH is 1. The summed E-state index contributed by atoms with van der Waals surface area (Å²) in [7, 11) is 0. The fourth-order valence-corrected chi connectivity index (χ4v) is 0.819. The van der Waals surface area contributed by atoms with Crippen LogP contribution in [0.25, 0.3) is 0 Å². The molecule has 0 saturated carbocycles. The maximum Gasteiger partial charge on any atom is 0.460 e. The van der Waals surface area contributed by atoms with Gasteiger partial charge in [-0.25, -0.2) is 0 Å². The number of rotatable bonds is 4. The third kappa shape index (κ3) is 2.78. The van der Waals surface area contributed by atoms with Crippen molar-refractivity contribution in [3.8, 4) is 0 Å². The highest BCUT2D eigenvalue weighted by Gasteiger charge is 2.82. The summed E-state index contributed by atoms with van der Waals surface area (Å²) in [4.78, 5) is 10.3. The van der Waals surface area contributed by atoms with Gasteiger partial charge in [-0.3, -0.25) is 4.79 Å². The first-order chi connectivity index (χ1) is 8.09. The minimum absolute atomic E-state index is 0.479. The van der Waals surface area contributed by atoms with Crippen LogP contribution >= 0.6 is 0 Å². The lowest BCUT2D eigenvalue weighted by molar-refractivity contribution is -0.392. The van der Waals surface area contributed by atoms with Gasteiger partial charge in [-0.15, -0.1) is 0 Å². The van der Waals surface area contributed by atoms with Gasteiger partial charge in [-0.05, 0) is 6.92 Å². The van der Waals surface area contributed by atoms with Crippen LogP contribution in [0.3, 0.4) is 0 Å². The summed E-state index contributed by atoms with van der Waals surface area (Å²) in [5.41, 5.74) is 0. The molecule has 0 spiro atoms. The summed E-state index contributed by atoms with van der Waals surface area (Å²) in [6, 6.07) is 0. The van der Waals surface area contributed by atoms with Crippen molar-refractivity contribution in [2.24, 2.45) is 0 Å². The predicted molar refractivity (Wildman–Crippen MR) is 42.3 cm³/mol. The Morgan fingerprint density at radius 1 is 0.895 bits per heavy atom. The number of alkyl halides is 9. The largest absolute Gasteiger partial charge is 0.506 e. The van der Waals surface area contributed by atoms with Crippen molar-refractivity contribution in [3.63, 3.8) is 0 Å². The number of hydrogen-bond donors (Lipinski definition) is 1. The number of hydrogen-bond acceptors (Lipinski definition) is 2. The predicted octanol–water partition coefficient (Wildman–Crippen LogP) is 3.49. The van der Waals surface area contributed by atoms with E-state index in [0.29, 0.717) is 6.92 Å². The normalized spacial score (nSPS) is 15.6. The fourth-order valence-electron chi connectivity index (χ4n) is 0.819. The molecule has 0 bridgehead atoms. The Bertz CT molecular complexity index is 394. The Morgan fingerprint density at radius 2 is 1.26 bits per heavy atom. The van der Waals surface area contributed by atoms with E-state index in [4.69, 9.17) is 5.11 Å². The van der Waals surface area contributed by atoms with Crippen LogP contribution in [0.15, 0.2) is 11.8 Å². The lowest BCUT2D eigenvalue weighted by Gasteiger charge is -2.33. The van der Waals surface area contributed by atoms with Gasteiger partial charge >= 0.3 is 23.9 Å². The van der Waals surface area contributed by atoms with E-state index in [1.54, 1.807) is 0 Å². The quantitative estimate of drug-likeness (QED) is 0.490. The lowest BCUT2D eigenvalue weighted by Crippen LogP contribution is -2.61. The van der Waals surface area contributed by atoms with Crippen molar-refractivity contribution in [2.45, 2.75) is 30.9 Å². The van der Waals surface area contributed by atoms with Gasteiger partial charge in [-0.2, -0.15) is 39.5 Å². The first kappa shape index (κ1) is 17.6. The summed E-state index contributed by atoms with van der Waals surface area (Å²) in [5, 5.41) is 8.42. The zero-order chi connectivity index (χ0) is 15.9. The van der Waals surface area contributed by atoms with Gasteiger partial charge in [0.2, 0.25) is 0 Å². The van der Waals surface area contributed by atoms with E-state index in [1.807, 2.05) is 0 Å². The molecule has 1 N–H and O–H groups in total. The first-order valence-electron chi connectivity index (χ1n) is 4.21. The summed E-state index contributed by atoms with van der Waals surface area (Å²) < 4.78 is 110. The van der Waals surface area contributed by atoms with Crippen LogP contribution in [0.2, 0.25) is 0 Å². The van der Waals surface area contributed by atoms with Gasteiger partial charge in [0.05, 0.1) is 0 Å². The van der Waals surface area contributed by atoms with E-state index in [-0.39, 0.29) is 0 Å². The van der Waals surface area contributed by atoms with E-state index in [1.165, 1.54) is 0 Å². The molecule has 0 amide bonds. The van der Waals surface area contributed by atoms with Crippen LogP contribution in [-0.4, -0.2) is 34.8 Å². The van der Waals surface area contributed by atoms with E-state index in [0.717, 1.165) is 0 Å². The van der Waals surface area contributed by atoms with Crippen molar-refractivity contribution in [1.29, 1.82) is 0 Å². The van der Waals surface area contributed by atoms with Crippen molar-refractivity contribution >= 4 is 5.78 Å². The van der Waals surface area contributed by atoms with Crippen LogP contribution in [0.1, 0.15) is 6.92 Å². The van der Waals surface area contributed by atoms with Crippen molar-refractivity contribution < 1.29 is 49.4 Å². The molecular weight excluding hydrogens is 299 g/mol. The Morgan fingerprint density at radius 3 is 1.53 bits per heavy atom. The Kier molecular flexibility index (Phi) is 4.26. The average Bonchev–Trinajstić information content (AvgIpc) is 2.13. The van der Waals surface area contributed by atoms with Crippen molar-refractivity contribution in [1.82, 2.24) is 0 Å². The third-order valence-electron chi connectivity index (χ3n) is 1.81. The molecule has 11 heteroatoms. The van der Waals surface area contributed by atoms with Crippen LogP contribution in [-0.2, 0) is 4.79 Å². The molecule has 2 nitrogen and oxygen atoms in total. The lowest BCUT2D eigenvalue weighted by atomic mass is 10.0. The Labute approximate surface area is 99.0 Å². The zero-order valence-corrected chi connectivity index (χ0v) is 8.83. The molecule has 0 aliphatic heterocycles. The molecule has 19 heavy (non-hydrogen) atoms. The molecule has 112 valence electrons. The second-order valence-electron chi connectivity index (χ2n) is 3.36. The van der Waals surface area contributed by atoms with Gasteiger partial charge in [0.1, 0.15) is 0 Å². The maximum atomic E-state index is 12.8. The number of aliphatic hydroxyl groups is 1. The first-order valence-corrected chi connectivity index (χ1v) is 4.21. The molecule has 0 aliphatic rings. The molecule has 0 rings (SSSR count). The van der Waals surface area contributed by atoms with Crippen LogP contribution in [0, 0.1) is 0 Å². The van der Waals surface area contributed by atoms with Crippen LogP contribution < -0.4 is 0 Å². The summed E-state index contributed by atoms with van der Waals surface area (Å²) in [5.74, 6) is -24.7. The molecule has 0 atom stereocenters. The van der Waals surface area contributed by atoms with Gasteiger partial charge in [-0.1, -0.05) is 0 Å². The SMILES string of the molecule is CC(=O)C=C(O)C(F)(F)C(F)(F)C(F)(F)C(F)(F)F. The molecule has 0 fully saturated rings. The highest BCUT2D eigenvalue weighted by molar-refractivity contribution is 5.87. The summed E-state index contributed by atoms with van der Waals surface area (Å²) in [6.07, 6.45) is -7.56. The fraction of sp³-hybridized carbons (Fsp3) is 0.625. The molecule has 0 unspecified atom stereocenters. The number of carbonyl (C=O) groups excluding carboxylic acids is 1. The number of halogens is 9. The van der Waals surface area contributed by atoms with Gasteiger partial charge in [0.15, 0.2) is 11.5 Å². The number of allylic oxidation sites excluding steroid dienone is 2. The zero-order valence-electron chi connectivity index (χ0n) is 8.83. The van der Waals surface area contributed by atoms with Crippen LogP contribution in [0.4, 0.5) is 39.5 Å². The maximum absolute atomic E-state index is 12.8.